The number of carbonyl (C=O) groups is 1. The molecule has 4 heterocycles. The van der Waals surface area contributed by atoms with Crippen LogP contribution in [0, 0.1) is 19.7 Å². The molecule has 5 rings (SSSR count). The first-order valence-corrected chi connectivity index (χ1v) is 15.7. The Balaban J connectivity index is 1.63. The van der Waals surface area contributed by atoms with E-state index < -0.39 is 40.5 Å². The second-order valence-corrected chi connectivity index (χ2v) is 13.5. The Morgan fingerprint density at radius 1 is 1.09 bits per heavy atom. The van der Waals surface area contributed by atoms with Crippen LogP contribution < -0.4 is 9.64 Å². The fourth-order valence-corrected chi connectivity index (χ4v) is 6.44. The third-order valence-electron chi connectivity index (χ3n) is 8.33. The molecule has 1 aromatic carbocycles. The van der Waals surface area contributed by atoms with Crippen molar-refractivity contribution in [2.75, 3.05) is 44.7 Å². The lowest BCUT2D eigenvalue weighted by atomic mass is 9.98. The lowest BCUT2D eigenvalue weighted by Crippen LogP contribution is -2.55. The molecule has 0 bridgehead atoms. The Hall–Kier alpha value is -3.45. The van der Waals surface area contributed by atoms with Crippen LogP contribution in [-0.4, -0.2) is 88.4 Å². The minimum Gasteiger partial charge on any atom is -0.462 e. The average Bonchev–Trinajstić information content (AvgIpc) is 3.34. The Bertz CT molecular complexity index is 1650. The summed E-state index contributed by atoms with van der Waals surface area (Å²) in [6, 6.07) is 2.38. The monoisotopic (exact) mass is 666 g/mol. The maximum atomic E-state index is 16.7. The van der Waals surface area contributed by atoms with Crippen molar-refractivity contribution in [1.29, 1.82) is 0 Å². The highest BCUT2D eigenvalue weighted by Gasteiger charge is 2.39. The standard InChI is InChI=1S/C32H39ClF4N6O3/c1-17-13-18(2)38-27(24(17)32(35,36)37)23-22(33)14-21-26(25(23)34)39-29(45-16-20-9-8-10-41(20)7)40-28(21)43-12-11-42(15-19(43)3)30(44)46-31(4,5)6/h13-14,19-20H,8-12,15-16H2,1-7H3/t19-,20-/m0/s1. The number of ether oxygens (including phenoxy) is 2. The van der Waals surface area contributed by atoms with Crippen LogP contribution in [0.3, 0.4) is 0 Å². The van der Waals surface area contributed by atoms with Crippen LogP contribution in [-0.2, 0) is 10.9 Å². The maximum absolute atomic E-state index is 16.7. The third kappa shape index (κ3) is 6.95. The highest BCUT2D eigenvalue weighted by molar-refractivity contribution is 6.34. The summed E-state index contributed by atoms with van der Waals surface area (Å²) in [6.07, 6.45) is -3.34. The number of amides is 1. The van der Waals surface area contributed by atoms with E-state index >= 15 is 4.39 Å². The van der Waals surface area contributed by atoms with Gasteiger partial charge in [-0.2, -0.15) is 23.1 Å². The number of nitrogens with zero attached hydrogens (tertiary/aromatic N) is 6. The van der Waals surface area contributed by atoms with Crippen LogP contribution in [0.5, 0.6) is 6.01 Å². The lowest BCUT2D eigenvalue weighted by molar-refractivity contribution is -0.137. The zero-order valence-electron chi connectivity index (χ0n) is 27.1. The van der Waals surface area contributed by atoms with Gasteiger partial charge in [-0.15, -0.1) is 0 Å². The molecule has 2 aliphatic heterocycles. The second kappa shape index (κ2) is 12.6. The molecule has 2 saturated heterocycles. The van der Waals surface area contributed by atoms with Crippen molar-refractivity contribution in [3.63, 3.8) is 0 Å². The number of likely N-dealkylation sites (N-methyl/N-ethyl adjacent to an activating group) is 1. The zero-order valence-corrected chi connectivity index (χ0v) is 27.8. The zero-order chi connectivity index (χ0) is 33.7. The number of aromatic nitrogens is 3. The van der Waals surface area contributed by atoms with Crippen molar-refractivity contribution in [3.8, 4) is 17.3 Å². The summed E-state index contributed by atoms with van der Waals surface area (Å²) in [5, 5.41) is -0.0637. The minimum atomic E-state index is -4.81. The average molecular weight is 667 g/mol. The highest BCUT2D eigenvalue weighted by Crippen LogP contribution is 2.44. The SMILES string of the molecule is Cc1cc(C)c(C(F)(F)F)c(-c2c(Cl)cc3c(N4CCN(C(=O)OC(C)(C)C)C[C@@H]4C)nc(OC[C@@H]4CCCN4C)nc3c2F)n1. The van der Waals surface area contributed by atoms with Crippen LogP contribution >= 0.6 is 11.6 Å². The number of benzene rings is 1. The van der Waals surface area contributed by atoms with E-state index in [9.17, 15) is 18.0 Å². The van der Waals surface area contributed by atoms with Gasteiger partial charge in [-0.1, -0.05) is 11.6 Å². The van der Waals surface area contributed by atoms with Crippen LogP contribution in [0.15, 0.2) is 12.1 Å². The van der Waals surface area contributed by atoms with Crippen LogP contribution in [0.2, 0.25) is 5.02 Å². The Morgan fingerprint density at radius 2 is 1.80 bits per heavy atom. The highest BCUT2D eigenvalue weighted by atomic mass is 35.5. The number of fused-ring (bicyclic) bond motifs is 1. The summed E-state index contributed by atoms with van der Waals surface area (Å²) >= 11 is 6.62. The Labute approximate surface area is 270 Å². The van der Waals surface area contributed by atoms with Crippen molar-refractivity contribution in [3.05, 3.63) is 39.8 Å². The molecule has 2 atom stereocenters. The molecule has 46 heavy (non-hydrogen) atoms. The van der Waals surface area contributed by atoms with Crippen molar-refractivity contribution < 1.29 is 31.8 Å². The number of carbonyl (C=O) groups excluding carboxylic acids is 1. The molecule has 0 unspecified atom stereocenters. The molecular weight excluding hydrogens is 628 g/mol. The lowest BCUT2D eigenvalue weighted by Gasteiger charge is -2.41. The van der Waals surface area contributed by atoms with Gasteiger partial charge in [0.15, 0.2) is 5.82 Å². The van der Waals surface area contributed by atoms with Crippen LogP contribution in [0.1, 0.15) is 57.4 Å². The molecule has 0 N–H and O–H groups in total. The molecule has 250 valence electrons. The molecule has 1 amide bonds. The molecule has 0 radical (unpaired) electrons. The van der Waals surface area contributed by atoms with E-state index in [-0.39, 0.29) is 51.9 Å². The largest absolute Gasteiger partial charge is 0.462 e. The normalized spacial score (nSPS) is 19.7. The van der Waals surface area contributed by atoms with Gasteiger partial charge in [0, 0.05) is 42.8 Å². The van der Waals surface area contributed by atoms with Gasteiger partial charge in [0.2, 0.25) is 0 Å². The van der Waals surface area contributed by atoms with Gasteiger partial charge in [-0.05, 0) is 85.7 Å². The van der Waals surface area contributed by atoms with E-state index in [0.717, 1.165) is 19.4 Å². The fraction of sp³-hybridized carbons (Fsp3) is 0.562. The van der Waals surface area contributed by atoms with E-state index in [2.05, 4.69) is 19.9 Å². The Kier molecular flexibility index (Phi) is 9.31. The minimum absolute atomic E-state index is 0.102. The van der Waals surface area contributed by atoms with E-state index in [1.807, 2.05) is 18.9 Å². The molecule has 0 aliphatic carbocycles. The van der Waals surface area contributed by atoms with E-state index in [4.69, 9.17) is 21.1 Å². The topological polar surface area (TPSA) is 83.9 Å². The summed E-state index contributed by atoms with van der Waals surface area (Å²) in [5.41, 5.74) is -2.90. The number of pyridine rings is 1. The number of alkyl halides is 3. The summed E-state index contributed by atoms with van der Waals surface area (Å²) in [7, 11) is 1.99. The molecule has 14 heteroatoms. The summed E-state index contributed by atoms with van der Waals surface area (Å²) in [6.45, 7) is 12.2. The van der Waals surface area contributed by atoms with Gasteiger partial charge in [0.25, 0.3) is 0 Å². The number of likely N-dealkylation sites (tertiary alicyclic amines) is 1. The van der Waals surface area contributed by atoms with Gasteiger partial charge in [0.1, 0.15) is 23.5 Å². The summed E-state index contributed by atoms with van der Waals surface area (Å²) in [4.78, 5) is 31.6. The number of rotatable bonds is 5. The van der Waals surface area contributed by atoms with Gasteiger partial charge < -0.3 is 24.2 Å². The third-order valence-corrected chi connectivity index (χ3v) is 8.63. The van der Waals surface area contributed by atoms with E-state index in [1.165, 1.54) is 26.0 Å². The molecule has 2 aromatic heterocycles. The molecule has 2 aliphatic rings. The smallest absolute Gasteiger partial charge is 0.418 e. The number of anilines is 1. The predicted molar refractivity (Wildman–Crippen MR) is 168 cm³/mol. The molecule has 2 fully saturated rings. The van der Waals surface area contributed by atoms with Gasteiger partial charge >= 0.3 is 18.3 Å². The predicted octanol–water partition coefficient (Wildman–Crippen LogP) is 7.04. The first-order chi connectivity index (χ1) is 21.4. The molecule has 0 spiro atoms. The van der Waals surface area contributed by atoms with Crippen LogP contribution in [0.4, 0.5) is 28.2 Å². The maximum Gasteiger partial charge on any atom is 0.418 e. The molecule has 3 aromatic rings. The molecule has 9 nitrogen and oxygen atoms in total. The quantitative estimate of drug-likeness (QED) is 0.268. The van der Waals surface area contributed by atoms with Gasteiger partial charge in [-0.3, -0.25) is 4.98 Å². The van der Waals surface area contributed by atoms with Crippen molar-refractivity contribution >= 4 is 34.4 Å². The number of piperazine rings is 1. The summed E-state index contributed by atoms with van der Waals surface area (Å²) < 4.78 is 71.1. The Morgan fingerprint density at radius 3 is 2.41 bits per heavy atom. The van der Waals surface area contributed by atoms with Crippen molar-refractivity contribution in [2.45, 2.75) is 78.2 Å². The number of halogens is 5. The first kappa shape index (κ1) is 33.9. The first-order valence-electron chi connectivity index (χ1n) is 15.3. The fourth-order valence-electron chi connectivity index (χ4n) is 6.16. The van der Waals surface area contributed by atoms with Crippen molar-refractivity contribution in [1.82, 2.24) is 24.8 Å². The molecular formula is C32H39ClF4N6O3. The number of hydrogen-bond donors (Lipinski definition) is 0. The van der Waals surface area contributed by atoms with Crippen molar-refractivity contribution in [2.24, 2.45) is 0 Å². The second-order valence-electron chi connectivity index (χ2n) is 13.1. The number of hydrogen-bond acceptors (Lipinski definition) is 8. The van der Waals surface area contributed by atoms with Gasteiger partial charge in [0.05, 0.1) is 21.8 Å². The number of aryl methyl sites for hydroxylation is 2. The van der Waals surface area contributed by atoms with E-state index in [1.54, 1.807) is 25.7 Å². The summed E-state index contributed by atoms with van der Waals surface area (Å²) in [5.74, 6) is -0.759. The van der Waals surface area contributed by atoms with E-state index in [0.29, 0.717) is 25.5 Å². The van der Waals surface area contributed by atoms with Crippen LogP contribution in [0.25, 0.3) is 22.2 Å². The van der Waals surface area contributed by atoms with Gasteiger partial charge in [-0.25, -0.2) is 9.18 Å². The molecule has 0 saturated carbocycles.